The Bertz CT molecular complexity index is 576. The van der Waals surface area contributed by atoms with Crippen LogP contribution in [0.1, 0.15) is 52.5 Å². The van der Waals surface area contributed by atoms with Gasteiger partial charge in [0.1, 0.15) is 0 Å². The van der Waals surface area contributed by atoms with Crippen LogP contribution < -0.4 is 19.9 Å². The number of carboxylic acid groups (broad SMARTS) is 1. The predicted octanol–water partition coefficient (Wildman–Crippen LogP) is 3.89. The number of hydrogen-bond acceptors (Lipinski definition) is 5. The molecule has 0 aromatic heterocycles. The van der Waals surface area contributed by atoms with Crippen LogP contribution in [0.15, 0.2) is 12.1 Å². The van der Waals surface area contributed by atoms with Crippen molar-refractivity contribution in [1.82, 2.24) is 0 Å². The SMILES string of the molecule is CCOc1ccc(CCC(CC)CC(CN)C(=O)O)c(OCC)c1OCC. The molecule has 3 N–H and O–H groups in total. The maximum atomic E-state index is 11.3. The van der Waals surface area contributed by atoms with Gasteiger partial charge in [0.05, 0.1) is 25.7 Å². The summed E-state index contributed by atoms with van der Waals surface area (Å²) in [5.74, 6) is 1.07. The average Bonchev–Trinajstić information content (AvgIpc) is 2.65. The minimum absolute atomic E-state index is 0.174. The standard InChI is InChI=1S/C21H35NO5/c1-5-15(13-17(14-22)21(23)24)9-10-16-11-12-18(25-6-2)20(27-8-4)19(16)26-7-3/h11-12,15,17H,5-10,13-14,22H2,1-4H3,(H,23,24). The molecule has 1 aromatic rings. The Morgan fingerprint density at radius 3 is 2.19 bits per heavy atom. The average molecular weight is 382 g/mol. The fraction of sp³-hybridized carbons (Fsp3) is 0.667. The smallest absolute Gasteiger partial charge is 0.307 e. The first kappa shape index (κ1) is 23.1. The van der Waals surface area contributed by atoms with Crippen molar-refractivity contribution in [3.8, 4) is 17.2 Å². The number of carbonyl (C=O) groups is 1. The van der Waals surface area contributed by atoms with E-state index in [1.165, 1.54) is 0 Å². The summed E-state index contributed by atoms with van der Waals surface area (Å²) in [6.07, 6.45) is 3.18. The molecule has 0 spiro atoms. The van der Waals surface area contributed by atoms with Gasteiger partial charge in [0.2, 0.25) is 5.75 Å². The van der Waals surface area contributed by atoms with Gasteiger partial charge in [-0.3, -0.25) is 4.79 Å². The molecule has 27 heavy (non-hydrogen) atoms. The van der Waals surface area contributed by atoms with Gasteiger partial charge in [0.15, 0.2) is 11.5 Å². The van der Waals surface area contributed by atoms with E-state index < -0.39 is 11.9 Å². The maximum Gasteiger partial charge on any atom is 0.307 e. The molecule has 1 rings (SSSR count). The summed E-state index contributed by atoms with van der Waals surface area (Å²) in [5.41, 5.74) is 6.67. The van der Waals surface area contributed by atoms with Crippen LogP contribution in [0.2, 0.25) is 0 Å². The molecule has 0 amide bonds. The minimum atomic E-state index is -0.814. The molecule has 0 aliphatic rings. The monoisotopic (exact) mass is 381 g/mol. The Hall–Kier alpha value is -1.95. The Labute approximate surface area is 163 Å². The molecule has 6 nitrogen and oxygen atoms in total. The van der Waals surface area contributed by atoms with Gasteiger partial charge in [-0.15, -0.1) is 0 Å². The zero-order valence-corrected chi connectivity index (χ0v) is 17.1. The van der Waals surface area contributed by atoms with Crippen LogP contribution in [0.5, 0.6) is 17.2 Å². The van der Waals surface area contributed by atoms with Crippen LogP contribution in [-0.4, -0.2) is 37.4 Å². The van der Waals surface area contributed by atoms with Crippen molar-refractivity contribution in [3.05, 3.63) is 17.7 Å². The second kappa shape index (κ2) is 12.4. The third kappa shape index (κ3) is 6.94. The quantitative estimate of drug-likeness (QED) is 0.508. The molecule has 2 unspecified atom stereocenters. The first-order valence-electron chi connectivity index (χ1n) is 9.99. The number of benzene rings is 1. The summed E-state index contributed by atoms with van der Waals surface area (Å²) in [7, 11) is 0. The van der Waals surface area contributed by atoms with Gasteiger partial charge < -0.3 is 25.1 Å². The Morgan fingerprint density at radius 1 is 1.04 bits per heavy atom. The number of carboxylic acids is 1. The van der Waals surface area contributed by atoms with E-state index >= 15 is 0 Å². The van der Waals surface area contributed by atoms with Gasteiger partial charge in [0.25, 0.3) is 0 Å². The largest absolute Gasteiger partial charge is 0.490 e. The lowest BCUT2D eigenvalue weighted by molar-refractivity contribution is -0.142. The van der Waals surface area contributed by atoms with Crippen molar-refractivity contribution in [2.45, 2.75) is 53.4 Å². The normalized spacial score (nSPS) is 13.1. The molecule has 0 fully saturated rings. The van der Waals surface area contributed by atoms with Crippen LogP contribution >= 0.6 is 0 Å². The molecule has 0 aliphatic carbocycles. The van der Waals surface area contributed by atoms with E-state index in [0.29, 0.717) is 43.7 Å². The van der Waals surface area contributed by atoms with Crippen LogP contribution in [0.4, 0.5) is 0 Å². The Kier molecular flexibility index (Phi) is 10.6. The summed E-state index contributed by atoms with van der Waals surface area (Å²) in [6, 6.07) is 3.94. The second-order valence-corrected chi connectivity index (χ2v) is 6.50. The molecule has 0 heterocycles. The van der Waals surface area contributed by atoms with E-state index in [-0.39, 0.29) is 6.54 Å². The lowest BCUT2D eigenvalue weighted by atomic mass is 9.87. The lowest BCUT2D eigenvalue weighted by Crippen LogP contribution is -2.26. The number of aliphatic carboxylic acids is 1. The van der Waals surface area contributed by atoms with E-state index in [1.807, 2.05) is 32.9 Å². The zero-order valence-electron chi connectivity index (χ0n) is 17.1. The molecule has 1 aromatic carbocycles. The number of rotatable bonds is 14. The van der Waals surface area contributed by atoms with Gasteiger partial charge in [-0.1, -0.05) is 19.4 Å². The summed E-state index contributed by atoms with van der Waals surface area (Å²) in [4.78, 5) is 11.3. The van der Waals surface area contributed by atoms with E-state index in [9.17, 15) is 9.90 Å². The molecular weight excluding hydrogens is 346 g/mol. The van der Waals surface area contributed by atoms with Crippen molar-refractivity contribution in [2.24, 2.45) is 17.6 Å². The molecule has 0 saturated carbocycles. The summed E-state index contributed by atoms with van der Waals surface area (Å²) in [6.45, 7) is 9.70. The summed E-state index contributed by atoms with van der Waals surface area (Å²) < 4.78 is 17.4. The highest BCUT2D eigenvalue weighted by atomic mass is 16.5. The van der Waals surface area contributed by atoms with Crippen LogP contribution in [0.25, 0.3) is 0 Å². The molecule has 2 atom stereocenters. The third-order valence-electron chi connectivity index (χ3n) is 4.69. The van der Waals surface area contributed by atoms with Crippen LogP contribution in [-0.2, 0) is 11.2 Å². The highest BCUT2D eigenvalue weighted by molar-refractivity contribution is 5.70. The topological polar surface area (TPSA) is 91.0 Å². The Morgan fingerprint density at radius 2 is 1.67 bits per heavy atom. The molecular formula is C21H35NO5. The van der Waals surface area contributed by atoms with Gasteiger partial charge >= 0.3 is 5.97 Å². The Balaban J connectivity index is 3.00. The first-order valence-corrected chi connectivity index (χ1v) is 9.99. The number of aryl methyl sites for hydroxylation is 1. The van der Waals surface area contributed by atoms with Gasteiger partial charge in [-0.25, -0.2) is 0 Å². The molecule has 154 valence electrons. The fourth-order valence-electron chi connectivity index (χ4n) is 3.18. The van der Waals surface area contributed by atoms with E-state index in [0.717, 1.165) is 30.6 Å². The molecule has 6 heteroatoms. The van der Waals surface area contributed by atoms with Crippen LogP contribution in [0.3, 0.4) is 0 Å². The van der Waals surface area contributed by atoms with Crippen molar-refractivity contribution < 1.29 is 24.1 Å². The molecule has 0 radical (unpaired) electrons. The van der Waals surface area contributed by atoms with Gasteiger partial charge in [-0.2, -0.15) is 0 Å². The maximum absolute atomic E-state index is 11.3. The first-order chi connectivity index (χ1) is 13.0. The number of ether oxygens (including phenoxy) is 3. The van der Waals surface area contributed by atoms with Crippen molar-refractivity contribution >= 4 is 5.97 Å². The highest BCUT2D eigenvalue weighted by Gasteiger charge is 2.22. The fourth-order valence-corrected chi connectivity index (χ4v) is 3.18. The van der Waals surface area contributed by atoms with Crippen LogP contribution in [0, 0.1) is 11.8 Å². The second-order valence-electron chi connectivity index (χ2n) is 6.50. The predicted molar refractivity (Wildman–Crippen MR) is 107 cm³/mol. The van der Waals surface area contributed by atoms with Crippen molar-refractivity contribution in [3.63, 3.8) is 0 Å². The number of hydrogen-bond donors (Lipinski definition) is 2. The van der Waals surface area contributed by atoms with E-state index in [4.69, 9.17) is 19.9 Å². The molecule has 0 aliphatic heterocycles. The minimum Gasteiger partial charge on any atom is -0.490 e. The third-order valence-corrected chi connectivity index (χ3v) is 4.69. The van der Waals surface area contributed by atoms with E-state index in [2.05, 4.69) is 6.92 Å². The van der Waals surface area contributed by atoms with Crippen molar-refractivity contribution in [1.29, 1.82) is 0 Å². The molecule has 0 bridgehead atoms. The van der Waals surface area contributed by atoms with E-state index in [1.54, 1.807) is 0 Å². The summed E-state index contributed by atoms with van der Waals surface area (Å²) >= 11 is 0. The number of nitrogens with two attached hydrogens (primary N) is 1. The van der Waals surface area contributed by atoms with Gasteiger partial charge in [-0.05, 0) is 57.6 Å². The zero-order chi connectivity index (χ0) is 20.2. The van der Waals surface area contributed by atoms with Gasteiger partial charge in [0, 0.05) is 6.54 Å². The lowest BCUT2D eigenvalue weighted by Gasteiger charge is -2.21. The highest BCUT2D eigenvalue weighted by Crippen LogP contribution is 2.41. The van der Waals surface area contributed by atoms with Crippen molar-refractivity contribution in [2.75, 3.05) is 26.4 Å². The summed E-state index contributed by atoms with van der Waals surface area (Å²) in [5, 5.41) is 9.26. The molecule has 0 saturated heterocycles.